The number of nitrogens with one attached hydrogen (secondary N) is 1. The Labute approximate surface area is 122 Å². The minimum absolute atomic E-state index is 0.0553. The van der Waals surface area contributed by atoms with Crippen LogP contribution in [0.25, 0.3) is 0 Å². The van der Waals surface area contributed by atoms with E-state index in [0.717, 1.165) is 17.3 Å². The zero-order valence-corrected chi connectivity index (χ0v) is 13.3. The highest BCUT2D eigenvalue weighted by atomic mass is 79.9. The Morgan fingerprint density at radius 3 is 2.56 bits per heavy atom. The minimum Gasteiger partial charge on any atom is -0.349 e. The van der Waals surface area contributed by atoms with Gasteiger partial charge in [0.15, 0.2) is 0 Å². The molecule has 100 valence electrons. The Morgan fingerprint density at radius 1 is 1.39 bits per heavy atom. The summed E-state index contributed by atoms with van der Waals surface area (Å²) in [4.78, 5) is 12.2. The largest absolute Gasteiger partial charge is 0.349 e. The lowest BCUT2D eigenvalue weighted by Gasteiger charge is -2.21. The van der Waals surface area contributed by atoms with E-state index < -0.39 is 0 Å². The second kappa shape index (κ2) is 7.15. The fraction of sp³-hybridized carbons (Fsp3) is 0.500. The van der Waals surface area contributed by atoms with Crippen LogP contribution in [0.5, 0.6) is 0 Å². The molecule has 0 bridgehead atoms. The summed E-state index contributed by atoms with van der Waals surface area (Å²) in [7, 11) is 0. The standard InChI is InChI=1S/C14H19BrClNO/c1-9(2)13(4-5-15)17-14(18)11-6-10(3)7-12(16)8-11/h6-9,13H,4-5H2,1-3H3,(H,17,18). The monoisotopic (exact) mass is 331 g/mol. The molecule has 0 saturated carbocycles. The highest BCUT2D eigenvalue weighted by Crippen LogP contribution is 2.15. The third-order valence-electron chi connectivity index (χ3n) is 2.85. The van der Waals surface area contributed by atoms with E-state index in [0.29, 0.717) is 16.5 Å². The van der Waals surface area contributed by atoms with Crippen molar-refractivity contribution in [2.45, 2.75) is 33.2 Å². The van der Waals surface area contributed by atoms with Crippen molar-refractivity contribution >= 4 is 33.4 Å². The van der Waals surface area contributed by atoms with E-state index >= 15 is 0 Å². The molecule has 1 unspecified atom stereocenters. The molecule has 1 aromatic rings. The molecule has 0 spiro atoms. The van der Waals surface area contributed by atoms with Gasteiger partial charge in [-0.05, 0) is 43.0 Å². The van der Waals surface area contributed by atoms with Crippen molar-refractivity contribution in [2.75, 3.05) is 5.33 Å². The number of alkyl halides is 1. The number of hydrogen-bond donors (Lipinski definition) is 1. The minimum atomic E-state index is -0.0553. The molecule has 1 rings (SSSR count). The second-order valence-corrected chi connectivity index (χ2v) is 6.05. The molecule has 2 nitrogen and oxygen atoms in total. The van der Waals surface area contributed by atoms with Crippen LogP contribution in [-0.2, 0) is 0 Å². The van der Waals surface area contributed by atoms with Gasteiger partial charge in [-0.3, -0.25) is 4.79 Å². The summed E-state index contributed by atoms with van der Waals surface area (Å²) in [5.74, 6) is 0.354. The summed E-state index contributed by atoms with van der Waals surface area (Å²) in [6.07, 6.45) is 0.920. The molecule has 0 radical (unpaired) electrons. The Bertz CT molecular complexity index is 400. The van der Waals surface area contributed by atoms with Crippen LogP contribution in [0.3, 0.4) is 0 Å². The van der Waals surface area contributed by atoms with Crippen molar-refractivity contribution in [2.24, 2.45) is 5.92 Å². The van der Waals surface area contributed by atoms with Gasteiger partial charge in [0, 0.05) is 22.0 Å². The Balaban J connectivity index is 2.80. The predicted molar refractivity (Wildman–Crippen MR) is 80.7 cm³/mol. The lowest BCUT2D eigenvalue weighted by Crippen LogP contribution is -2.38. The van der Waals surface area contributed by atoms with Crippen LogP contribution < -0.4 is 5.32 Å². The molecule has 1 atom stereocenters. The molecule has 0 aliphatic carbocycles. The maximum absolute atomic E-state index is 12.2. The summed E-state index contributed by atoms with van der Waals surface area (Å²) in [6.45, 7) is 6.15. The first-order chi connectivity index (χ1) is 8.43. The Morgan fingerprint density at radius 2 is 2.06 bits per heavy atom. The van der Waals surface area contributed by atoms with Gasteiger partial charge in [-0.2, -0.15) is 0 Å². The lowest BCUT2D eigenvalue weighted by atomic mass is 10.0. The van der Waals surface area contributed by atoms with E-state index in [9.17, 15) is 4.79 Å². The van der Waals surface area contributed by atoms with E-state index in [1.807, 2.05) is 19.1 Å². The average Bonchev–Trinajstić information content (AvgIpc) is 2.26. The average molecular weight is 333 g/mol. The molecule has 0 fully saturated rings. The quantitative estimate of drug-likeness (QED) is 0.805. The van der Waals surface area contributed by atoms with Gasteiger partial charge in [0.25, 0.3) is 5.91 Å². The van der Waals surface area contributed by atoms with Crippen LogP contribution in [0.15, 0.2) is 18.2 Å². The van der Waals surface area contributed by atoms with Crippen LogP contribution in [0.2, 0.25) is 5.02 Å². The van der Waals surface area contributed by atoms with Gasteiger partial charge in [0.05, 0.1) is 0 Å². The summed E-state index contributed by atoms with van der Waals surface area (Å²) in [5, 5.41) is 4.54. The van der Waals surface area contributed by atoms with Crippen LogP contribution >= 0.6 is 27.5 Å². The topological polar surface area (TPSA) is 29.1 Å². The highest BCUT2D eigenvalue weighted by molar-refractivity contribution is 9.09. The molecular formula is C14H19BrClNO. The molecule has 0 aliphatic heterocycles. The van der Waals surface area contributed by atoms with Crippen molar-refractivity contribution in [3.8, 4) is 0 Å². The first-order valence-electron chi connectivity index (χ1n) is 6.08. The van der Waals surface area contributed by atoms with E-state index in [2.05, 4.69) is 35.1 Å². The Hall–Kier alpha value is -0.540. The van der Waals surface area contributed by atoms with Gasteiger partial charge in [-0.25, -0.2) is 0 Å². The fourth-order valence-electron chi connectivity index (χ4n) is 1.81. The molecular weight excluding hydrogens is 314 g/mol. The second-order valence-electron chi connectivity index (χ2n) is 4.82. The van der Waals surface area contributed by atoms with E-state index in [-0.39, 0.29) is 11.9 Å². The summed E-state index contributed by atoms with van der Waals surface area (Å²) < 4.78 is 0. The van der Waals surface area contributed by atoms with Crippen LogP contribution in [0.1, 0.15) is 36.2 Å². The maximum Gasteiger partial charge on any atom is 0.251 e. The van der Waals surface area contributed by atoms with E-state index in [1.165, 1.54) is 0 Å². The lowest BCUT2D eigenvalue weighted by molar-refractivity contribution is 0.0925. The number of benzene rings is 1. The molecule has 1 N–H and O–H groups in total. The van der Waals surface area contributed by atoms with Crippen molar-refractivity contribution in [1.29, 1.82) is 0 Å². The number of halogens is 2. The predicted octanol–water partition coefficient (Wildman–Crippen LogP) is 4.19. The zero-order valence-electron chi connectivity index (χ0n) is 11.0. The summed E-state index contributed by atoms with van der Waals surface area (Å²) in [6, 6.07) is 5.58. The van der Waals surface area contributed by atoms with Crippen LogP contribution in [-0.4, -0.2) is 17.3 Å². The normalized spacial score (nSPS) is 12.6. The summed E-state index contributed by atoms with van der Waals surface area (Å²) in [5.41, 5.74) is 1.62. The van der Waals surface area contributed by atoms with Gasteiger partial charge >= 0.3 is 0 Å². The van der Waals surface area contributed by atoms with Gasteiger partial charge in [-0.1, -0.05) is 41.4 Å². The SMILES string of the molecule is Cc1cc(Cl)cc(C(=O)NC(CCBr)C(C)C)c1. The maximum atomic E-state index is 12.2. The van der Waals surface area contributed by atoms with Crippen LogP contribution in [0, 0.1) is 12.8 Å². The van der Waals surface area contributed by atoms with E-state index in [4.69, 9.17) is 11.6 Å². The number of aryl methyl sites for hydroxylation is 1. The highest BCUT2D eigenvalue weighted by Gasteiger charge is 2.16. The number of rotatable bonds is 5. The molecule has 0 heterocycles. The molecule has 0 aliphatic rings. The number of hydrogen-bond acceptors (Lipinski definition) is 1. The molecule has 0 aromatic heterocycles. The van der Waals surface area contributed by atoms with Crippen molar-refractivity contribution in [3.05, 3.63) is 34.3 Å². The van der Waals surface area contributed by atoms with Gasteiger partial charge in [0.2, 0.25) is 0 Å². The number of amides is 1. The van der Waals surface area contributed by atoms with Gasteiger partial charge in [-0.15, -0.1) is 0 Å². The zero-order chi connectivity index (χ0) is 13.7. The molecule has 0 saturated heterocycles. The summed E-state index contributed by atoms with van der Waals surface area (Å²) >= 11 is 9.38. The number of carbonyl (C=O) groups excluding carboxylic acids is 1. The number of carbonyl (C=O) groups is 1. The molecule has 1 aromatic carbocycles. The van der Waals surface area contributed by atoms with Gasteiger partial charge < -0.3 is 5.32 Å². The first kappa shape index (κ1) is 15.5. The Kier molecular flexibility index (Phi) is 6.16. The molecule has 4 heteroatoms. The fourth-order valence-corrected chi connectivity index (χ4v) is 2.59. The van der Waals surface area contributed by atoms with Crippen molar-refractivity contribution in [3.63, 3.8) is 0 Å². The third kappa shape index (κ3) is 4.62. The van der Waals surface area contributed by atoms with Gasteiger partial charge in [0.1, 0.15) is 0 Å². The molecule has 1 amide bonds. The van der Waals surface area contributed by atoms with Crippen LogP contribution in [0.4, 0.5) is 0 Å². The van der Waals surface area contributed by atoms with E-state index in [1.54, 1.807) is 6.07 Å². The smallest absolute Gasteiger partial charge is 0.251 e. The first-order valence-corrected chi connectivity index (χ1v) is 7.58. The third-order valence-corrected chi connectivity index (χ3v) is 3.52. The molecule has 18 heavy (non-hydrogen) atoms. The van der Waals surface area contributed by atoms with Crippen molar-refractivity contribution < 1.29 is 4.79 Å². The van der Waals surface area contributed by atoms with Crippen molar-refractivity contribution in [1.82, 2.24) is 5.32 Å².